The number of rotatable bonds is 2. The van der Waals surface area contributed by atoms with Crippen molar-refractivity contribution in [1.29, 1.82) is 0 Å². The third-order valence-electron chi connectivity index (χ3n) is 4.00. The highest BCUT2D eigenvalue weighted by molar-refractivity contribution is 5.43. The Hall–Kier alpha value is -0.760. The molecule has 1 N–H and O–H groups in total. The molecule has 2 heteroatoms. The van der Waals surface area contributed by atoms with E-state index in [1.54, 1.807) is 0 Å². The van der Waals surface area contributed by atoms with Crippen molar-refractivity contribution in [3.05, 3.63) is 22.9 Å². The average Bonchev–Trinajstić information content (AvgIpc) is 2.34. The molecule has 0 aromatic heterocycles. The number of hydrogen-bond acceptors (Lipinski definition) is 2. The van der Waals surface area contributed by atoms with Crippen LogP contribution in [-0.4, -0.2) is 29.7 Å². The molecule has 0 aromatic rings. The fraction of sp³-hybridized carbons (Fsp3) is 0.692. The summed E-state index contributed by atoms with van der Waals surface area (Å²) in [5, 5.41) is 9.39. The lowest BCUT2D eigenvalue weighted by atomic mass is 9.77. The van der Waals surface area contributed by atoms with E-state index in [0.29, 0.717) is 6.04 Å². The molecule has 86 valence electrons. The van der Waals surface area contributed by atoms with E-state index < -0.39 is 0 Å². The molecular weight excluding hydrogens is 186 g/mol. The first kappa shape index (κ1) is 12.3. The molecule has 0 aromatic carbocycles. The zero-order valence-electron chi connectivity index (χ0n) is 10.8. The van der Waals surface area contributed by atoms with Gasteiger partial charge in [0.1, 0.15) is 0 Å². The van der Waals surface area contributed by atoms with Crippen LogP contribution in [0.15, 0.2) is 22.9 Å². The quantitative estimate of drug-likeness (QED) is 0.755. The molecule has 2 nitrogen and oxygen atoms in total. The second kappa shape index (κ2) is 4.01. The van der Waals surface area contributed by atoms with Crippen molar-refractivity contribution in [2.45, 2.75) is 40.7 Å². The van der Waals surface area contributed by atoms with Crippen LogP contribution < -0.4 is 0 Å². The van der Waals surface area contributed by atoms with Gasteiger partial charge >= 0.3 is 0 Å². The molecule has 1 aliphatic heterocycles. The summed E-state index contributed by atoms with van der Waals surface area (Å²) in [6.07, 6.45) is 2.02. The smallest absolute Gasteiger partial charge is 0.0682 e. The molecule has 0 saturated carbocycles. The average molecular weight is 209 g/mol. The third-order valence-corrected chi connectivity index (χ3v) is 4.00. The van der Waals surface area contributed by atoms with Crippen molar-refractivity contribution < 1.29 is 5.11 Å². The first-order chi connectivity index (χ1) is 6.87. The predicted molar refractivity (Wildman–Crippen MR) is 64.5 cm³/mol. The summed E-state index contributed by atoms with van der Waals surface area (Å²) in [7, 11) is 2.12. The van der Waals surface area contributed by atoms with Crippen LogP contribution in [0.2, 0.25) is 0 Å². The molecule has 1 rings (SSSR count). The second-order valence-electron chi connectivity index (χ2n) is 4.94. The standard InChI is InChI=1S/C13H23NO/c1-7-11(8-15)12-9(2)14(6)10(3)13(12,4)5/h7,10,15H,8H2,1-6H3/b11-7-. The van der Waals surface area contributed by atoms with E-state index in [9.17, 15) is 5.11 Å². The summed E-state index contributed by atoms with van der Waals surface area (Å²) in [6.45, 7) is 11.0. The normalized spacial score (nSPS) is 26.5. The summed E-state index contributed by atoms with van der Waals surface area (Å²) in [5.41, 5.74) is 3.77. The molecule has 1 atom stereocenters. The molecule has 0 saturated heterocycles. The maximum absolute atomic E-state index is 9.39. The number of aliphatic hydroxyl groups excluding tert-OH is 1. The SMILES string of the molecule is C/C=C(/CO)C1=C(C)N(C)C(C)C1(C)C. The zero-order chi connectivity index (χ0) is 11.8. The van der Waals surface area contributed by atoms with Gasteiger partial charge in [-0.25, -0.2) is 0 Å². The minimum Gasteiger partial charge on any atom is -0.392 e. The first-order valence-corrected chi connectivity index (χ1v) is 5.58. The molecule has 0 spiro atoms. The number of nitrogens with zero attached hydrogens (tertiary/aromatic N) is 1. The molecule has 1 heterocycles. The maximum Gasteiger partial charge on any atom is 0.0682 e. The number of allylic oxidation sites excluding steroid dienone is 2. The van der Waals surface area contributed by atoms with Gasteiger partial charge in [0.25, 0.3) is 0 Å². The zero-order valence-corrected chi connectivity index (χ0v) is 10.8. The Bertz CT molecular complexity index is 312. The summed E-state index contributed by atoms with van der Waals surface area (Å²) in [5.74, 6) is 0. The summed E-state index contributed by atoms with van der Waals surface area (Å²) in [6, 6.07) is 0.481. The highest BCUT2D eigenvalue weighted by atomic mass is 16.3. The topological polar surface area (TPSA) is 23.5 Å². The fourth-order valence-corrected chi connectivity index (χ4v) is 2.59. The molecule has 1 aliphatic rings. The first-order valence-electron chi connectivity index (χ1n) is 5.58. The van der Waals surface area contributed by atoms with Gasteiger partial charge in [0, 0.05) is 24.2 Å². The summed E-state index contributed by atoms with van der Waals surface area (Å²) in [4.78, 5) is 2.30. The van der Waals surface area contributed by atoms with E-state index >= 15 is 0 Å². The van der Waals surface area contributed by atoms with Gasteiger partial charge in [-0.3, -0.25) is 0 Å². The van der Waals surface area contributed by atoms with Crippen molar-refractivity contribution in [1.82, 2.24) is 4.90 Å². The van der Waals surface area contributed by atoms with Crippen molar-refractivity contribution in [3.8, 4) is 0 Å². The van der Waals surface area contributed by atoms with Gasteiger partial charge in [0.05, 0.1) is 6.61 Å². The third kappa shape index (κ3) is 1.71. The van der Waals surface area contributed by atoms with Crippen molar-refractivity contribution in [3.63, 3.8) is 0 Å². The molecule has 1 unspecified atom stereocenters. The Morgan fingerprint density at radius 1 is 1.53 bits per heavy atom. The Balaban J connectivity index is 3.26. The largest absolute Gasteiger partial charge is 0.392 e. The minimum atomic E-state index is 0.114. The van der Waals surface area contributed by atoms with Gasteiger partial charge < -0.3 is 10.0 Å². The molecule has 0 radical (unpaired) electrons. The molecule has 0 aliphatic carbocycles. The summed E-state index contributed by atoms with van der Waals surface area (Å²) >= 11 is 0. The van der Waals surface area contributed by atoms with Crippen LogP contribution in [0.25, 0.3) is 0 Å². The van der Waals surface area contributed by atoms with Crippen LogP contribution >= 0.6 is 0 Å². The van der Waals surface area contributed by atoms with E-state index in [4.69, 9.17) is 0 Å². The Morgan fingerprint density at radius 3 is 2.33 bits per heavy atom. The van der Waals surface area contributed by atoms with E-state index in [1.807, 2.05) is 13.0 Å². The molecule has 15 heavy (non-hydrogen) atoms. The van der Waals surface area contributed by atoms with Crippen molar-refractivity contribution in [2.24, 2.45) is 5.41 Å². The summed E-state index contributed by atoms with van der Waals surface area (Å²) < 4.78 is 0. The van der Waals surface area contributed by atoms with Gasteiger partial charge in [0.2, 0.25) is 0 Å². The van der Waals surface area contributed by atoms with Crippen LogP contribution in [0.4, 0.5) is 0 Å². The molecule has 0 fully saturated rings. The van der Waals surface area contributed by atoms with Crippen LogP contribution in [0, 0.1) is 5.41 Å². The van der Waals surface area contributed by atoms with Crippen LogP contribution in [0.5, 0.6) is 0 Å². The monoisotopic (exact) mass is 209 g/mol. The van der Waals surface area contributed by atoms with Crippen LogP contribution in [-0.2, 0) is 0 Å². The second-order valence-corrected chi connectivity index (χ2v) is 4.94. The van der Waals surface area contributed by atoms with Gasteiger partial charge in [-0.1, -0.05) is 19.9 Å². The number of aliphatic hydroxyl groups is 1. The fourth-order valence-electron chi connectivity index (χ4n) is 2.59. The molecule has 0 bridgehead atoms. The van der Waals surface area contributed by atoms with E-state index in [0.717, 1.165) is 5.57 Å². The highest BCUT2D eigenvalue weighted by Gasteiger charge is 2.41. The van der Waals surface area contributed by atoms with Gasteiger partial charge in [0.15, 0.2) is 0 Å². The van der Waals surface area contributed by atoms with Gasteiger partial charge in [-0.05, 0) is 31.9 Å². The Kier molecular flexibility index (Phi) is 3.29. The Morgan fingerprint density at radius 2 is 2.07 bits per heavy atom. The van der Waals surface area contributed by atoms with Crippen molar-refractivity contribution in [2.75, 3.05) is 13.7 Å². The predicted octanol–water partition coefficient (Wildman–Crippen LogP) is 2.56. The minimum absolute atomic E-state index is 0.114. The van der Waals surface area contributed by atoms with E-state index in [-0.39, 0.29) is 12.0 Å². The Labute approximate surface area is 93.3 Å². The lowest BCUT2D eigenvalue weighted by Crippen LogP contribution is -2.33. The van der Waals surface area contributed by atoms with E-state index in [1.165, 1.54) is 11.3 Å². The van der Waals surface area contributed by atoms with E-state index in [2.05, 4.69) is 39.6 Å². The lowest BCUT2D eigenvalue weighted by Gasteiger charge is -2.31. The maximum atomic E-state index is 9.39. The number of hydrogen-bond donors (Lipinski definition) is 1. The van der Waals surface area contributed by atoms with Crippen LogP contribution in [0.1, 0.15) is 34.6 Å². The van der Waals surface area contributed by atoms with Crippen molar-refractivity contribution >= 4 is 0 Å². The van der Waals surface area contributed by atoms with Gasteiger partial charge in [-0.15, -0.1) is 0 Å². The molecule has 0 amide bonds. The van der Waals surface area contributed by atoms with Gasteiger partial charge in [-0.2, -0.15) is 0 Å². The molecular formula is C13H23NO. The highest BCUT2D eigenvalue weighted by Crippen LogP contribution is 2.45. The lowest BCUT2D eigenvalue weighted by molar-refractivity contribution is 0.236. The van der Waals surface area contributed by atoms with Crippen LogP contribution in [0.3, 0.4) is 0 Å².